The van der Waals surface area contributed by atoms with E-state index in [0.717, 1.165) is 36.2 Å². The Kier molecular flexibility index (Phi) is 11.8. The fourth-order valence-corrected chi connectivity index (χ4v) is 4.88. The first-order valence-electron chi connectivity index (χ1n) is 14.8. The molecule has 4 rings (SSSR count). The molecule has 0 fully saturated rings. The summed E-state index contributed by atoms with van der Waals surface area (Å²) >= 11 is 0. The Morgan fingerprint density at radius 1 is 0.955 bits per heavy atom. The molecule has 1 aromatic heterocycles. The van der Waals surface area contributed by atoms with E-state index < -0.39 is 12.1 Å². The largest absolute Gasteiger partial charge is 0.496 e. The molecule has 0 aliphatic heterocycles. The maximum Gasteiger partial charge on any atom is 0.408 e. The molecule has 3 amide bonds. The predicted molar refractivity (Wildman–Crippen MR) is 172 cm³/mol. The standard InChI is InChI=1S/C34H41N5O5/c1-5-17-39(24(2)3)18-16-30(26-11-7-6-8-12-26)44-34(41)36-21-25-10-9-13-27(19-25)37-33(40)38-28-14-15-29(31(20-28)42-4)32-22-35-23-43-32/h6-15,19-20,22-24,30H,5,16-18,21H2,1-4H3,(H,36,41)(H2,37,38,40). The monoisotopic (exact) mass is 599 g/mol. The van der Waals surface area contributed by atoms with Crippen LogP contribution in [-0.2, 0) is 11.3 Å². The Balaban J connectivity index is 1.32. The van der Waals surface area contributed by atoms with Crippen LogP contribution in [0.1, 0.15) is 50.8 Å². The lowest BCUT2D eigenvalue weighted by Crippen LogP contribution is -2.34. The van der Waals surface area contributed by atoms with Crippen LogP contribution in [0.3, 0.4) is 0 Å². The fraction of sp³-hybridized carbons (Fsp3) is 0.324. The van der Waals surface area contributed by atoms with Crippen molar-refractivity contribution in [2.75, 3.05) is 30.8 Å². The molecular formula is C34H41N5O5. The summed E-state index contributed by atoms with van der Waals surface area (Å²) in [6.45, 7) is 8.60. The number of methoxy groups -OCH3 is 1. The number of benzene rings is 3. The highest BCUT2D eigenvalue weighted by atomic mass is 16.6. The van der Waals surface area contributed by atoms with Gasteiger partial charge in [0.1, 0.15) is 11.9 Å². The van der Waals surface area contributed by atoms with E-state index in [0.29, 0.717) is 35.3 Å². The Labute approximate surface area is 258 Å². The van der Waals surface area contributed by atoms with Gasteiger partial charge in [-0.15, -0.1) is 0 Å². The molecule has 0 saturated carbocycles. The minimum Gasteiger partial charge on any atom is -0.496 e. The molecule has 0 radical (unpaired) electrons. The van der Waals surface area contributed by atoms with Gasteiger partial charge in [-0.05, 0) is 62.2 Å². The number of anilines is 2. The van der Waals surface area contributed by atoms with Crippen LogP contribution >= 0.6 is 0 Å². The second-order valence-electron chi connectivity index (χ2n) is 10.6. The van der Waals surface area contributed by atoms with Gasteiger partial charge in [0, 0.05) is 43.0 Å². The van der Waals surface area contributed by atoms with Gasteiger partial charge in [-0.3, -0.25) is 0 Å². The minimum absolute atomic E-state index is 0.242. The number of nitrogens with zero attached hydrogens (tertiary/aromatic N) is 2. The summed E-state index contributed by atoms with van der Waals surface area (Å²) in [4.78, 5) is 31.9. The van der Waals surface area contributed by atoms with Crippen LogP contribution in [0.5, 0.6) is 5.75 Å². The number of oxazole rings is 1. The summed E-state index contributed by atoms with van der Waals surface area (Å²) in [6, 6.07) is 22.3. The number of carbonyl (C=O) groups excluding carboxylic acids is 2. The first kappa shape index (κ1) is 32.1. The first-order valence-corrected chi connectivity index (χ1v) is 14.8. The molecule has 4 aromatic rings. The third-order valence-corrected chi connectivity index (χ3v) is 7.12. The molecule has 1 heterocycles. The number of nitrogens with one attached hydrogen (secondary N) is 3. The van der Waals surface area contributed by atoms with Crippen LogP contribution in [0.2, 0.25) is 0 Å². The highest BCUT2D eigenvalue weighted by molar-refractivity contribution is 6.00. The number of ether oxygens (including phenoxy) is 2. The smallest absolute Gasteiger partial charge is 0.408 e. The molecule has 0 saturated heterocycles. The van der Waals surface area contributed by atoms with Crippen molar-refractivity contribution in [1.82, 2.24) is 15.2 Å². The molecule has 3 aromatic carbocycles. The zero-order valence-electron chi connectivity index (χ0n) is 25.7. The van der Waals surface area contributed by atoms with Gasteiger partial charge in [0.15, 0.2) is 12.2 Å². The van der Waals surface area contributed by atoms with Crippen LogP contribution in [0.4, 0.5) is 21.0 Å². The number of aromatic nitrogens is 1. The number of rotatable bonds is 14. The number of alkyl carbamates (subject to hydrolysis) is 1. The van der Waals surface area contributed by atoms with Gasteiger partial charge in [-0.1, -0.05) is 49.4 Å². The van der Waals surface area contributed by atoms with Gasteiger partial charge in [0.25, 0.3) is 0 Å². The summed E-state index contributed by atoms with van der Waals surface area (Å²) in [5.41, 5.74) is 3.61. The molecule has 0 bridgehead atoms. The lowest BCUT2D eigenvalue weighted by atomic mass is 10.1. The minimum atomic E-state index is -0.496. The van der Waals surface area contributed by atoms with Gasteiger partial charge < -0.3 is 34.7 Å². The maximum atomic E-state index is 12.9. The number of hydrogen-bond donors (Lipinski definition) is 3. The topological polar surface area (TPSA) is 118 Å². The van der Waals surface area contributed by atoms with E-state index in [1.165, 1.54) is 6.39 Å². The Hall–Kier alpha value is -4.83. The summed E-state index contributed by atoms with van der Waals surface area (Å²) in [7, 11) is 1.55. The SMILES string of the molecule is CCCN(CCC(OC(=O)NCc1cccc(NC(=O)Nc2ccc(-c3cnco3)c(OC)c2)c1)c1ccccc1)C(C)C. The number of hydrogen-bond acceptors (Lipinski definition) is 7. The normalized spacial score (nSPS) is 11.7. The highest BCUT2D eigenvalue weighted by Crippen LogP contribution is 2.32. The zero-order chi connectivity index (χ0) is 31.3. The van der Waals surface area contributed by atoms with E-state index in [9.17, 15) is 9.59 Å². The van der Waals surface area contributed by atoms with Crippen molar-refractivity contribution in [1.29, 1.82) is 0 Å². The number of carbonyl (C=O) groups is 2. The van der Waals surface area contributed by atoms with Crippen molar-refractivity contribution in [3.63, 3.8) is 0 Å². The predicted octanol–water partition coefficient (Wildman–Crippen LogP) is 7.47. The maximum absolute atomic E-state index is 12.9. The van der Waals surface area contributed by atoms with Crippen molar-refractivity contribution < 1.29 is 23.5 Å². The fourth-order valence-electron chi connectivity index (χ4n) is 4.88. The second kappa shape index (κ2) is 16.1. The van der Waals surface area contributed by atoms with E-state index in [2.05, 4.69) is 46.6 Å². The molecule has 1 unspecified atom stereocenters. The summed E-state index contributed by atoms with van der Waals surface area (Å²) < 4.78 is 16.7. The third kappa shape index (κ3) is 9.34. The van der Waals surface area contributed by atoms with Crippen LogP contribution in [-0.4, -0.2) is 48.2 Å². The number of urea groups is 1. The van der Waals surface area contributed by atoms with Gasteiger partial charge >= 0.3 is 12.1 Å². The van der Waals surface area contributed by atoms with Crippen molar-refractivity contribution >= 4 is 23.5 Å². The van der Waals surface area contributed by atoms with Crippen molar-refractivity contribution in [3.05, 3.63) is 96.5 Å². The van der Waals surface area contributed by atoms with E-state index in [1.807, 2.05) is 42.5 Å². The lowest BCUT2D eigenvalue weighted by molar-refractivity contribution is 0.0801. The quantitative estimate of drug-likeness (QED) is 0.138. The molecule has 10 heteroatoms. The molecule has 0 aliphatic rings. The summed E-state index contributed by atoms with van der Waals surface area (Å²) in [5, 5.41) is 8.50. The van der Waals surface area contributed by atoms with Crippen LogP contribution in [0, 0.1) is 0 Å². The Morgan fingerprint density at radius 2 is 1.73 bits per heavy atom. The van der Waals surface area contributed by atoms with E-state index in [-0.39, 0.29) is 12.6 Å². The summed E-state index contributed by atoms with van der Waals surface area (Å²) in [6.07, 6.45) is 3.84. The molecule has 232 valence electrons. The average Bonchev–Trinajstić information content (AvgIpc) is 3.56. The van der Waals surface area contributed by atoms with Gasteiger partial charge in [-0.25, -0.2) is 14.6 Å². The van der Waals surface area contributed by atoms with Gasteiger partial charge in [0.2, 0.25) is 0 Å². The Morgan fingerprint density at radius 3 is 2.41 bits per heavy atom. The van der Waals surface area contributed by atoms with Crippen molar-refractivity contribution in [3.8, 4) is 17.1 Å². The summed E-state index contributed by atoms with van der Waals surface area (Å²) in [5.74, 6) is 1.10. The average molecular weight is 600 g/mol. The highest BCUT2D eigenvalue weighted by Gasteiger charge is 2.19. The molecule has 1 atom stereocenters. The zero-order valence-corrected chi connectivity index (χ0v) is 25.7. The van der Waals surface area contributed by atoms with Crippen LogP contribution in [0.25, 0.3) is 11.3 Å². The van der Waals surface area contributed by atoms with Crippen molar-refractivity contribution in [2.45, 2.75) is 52.3 Å². The van der Waals surface area contributed by atoms with Crippen LogP contribution < -0.4 is 20.7 Å². The second-order valence-corrected chi connectivity index (χ2v) is 10.6. The van der Waals surface area contributed by atoms with Crippen molar-refractivity contribution in [2.24, 2.45) is 0 Å². The molecule has 10 nitrogen and oxygen atoms in total. The van der Waals surface area contributed by atoms with E-state index in [1.54, 1.807) is 43.6 Å². The lowest BCUT2D eigenvalue weighted by Gasteiger charge is -2.28. The first-order chi connectivity index (χ1) is 21.4. The molecular weight excluding hydrogens is 558 g/mol. The Bertz CT molecular complexity index is 1480. The molecule has 0 aliphatic carbocycles. The third-order valence-electron chi connectivity index (χ3n) is 7.12. The van der Waals surface area contributed by atoms with E-state index >= 15 is 0 Å². The van der Waals surface area contributed by atoms with Gasteiger partial charge in [0.05, 0.1) is 18.9 Å². The molecule has 0 spiro atoms. The molecule has 44 heavy (non-hydrogen) atoms. The van der Waals surface area contributed by atoms with Gasteiger partial charge in [-0.2, -0.15) is 0 Å². The van der Waals surface area contributed by atoms with E-state index in [4.69, 9.17) is 13.9 Å². The van der Waals surface area contributed by atoms with Crippen LogP contribution in [0.15, 0.2) is 89.8 Å². The molecule has 3 N–H and O–H groups in total. The number of amides is 3.